The molecule has 0 aromatic heterocycles. The van der Waals surface area contributed by atoms with Gasteiger partial charge in [-0.2, -0.15) is 5.26 Å². The maximum absolute atomic E-state index is 8.77. The van der Waals surface area contributed by atoms with Crippen LogP contribution in [0, 0.1) is 11.3 Å². The van der Waals surface area contributed by atoms with E-state index >= 15 is 0 Å². The third kappa shape index (κ3) is 7.43. The molecule has 0 spiro atoms. The molecule has 1 aromatic carbocycles. The zero-order valence-electron chi connectivity index (χ0n) is 7.12. The van der Waals surface area contributed by atoms with Gasteiger partial charge >= 0.3 is 0 Å². The molecule has 0 atom stereocenters. The van der Waals surface area contributed by atoms with Crippen LogP contribution in [0.1, 0.15) is 5.56 Å². The highest BCUT2D eigenvalue weighted by atomic mass is 31.2. The van der Waals surface area contributed by atoms with Crippen molar-refractivity contribution < 1.29 is 25.0 Å². The van der Waals surface area contributed by atoms with E-state index in [1.807, 2.05) is 24.3 Å². The molecule has 0 amide bonds. The smallest absolute Gasteiger partial charge is 0.262 e. The van der Waals surface area contributed by atoms with Gasteiger partial charge in [-0.15, -0.1) is 0 Å². The van der Waals surface area contributed by atoms with Gasteiger partial charge in [0.15, 0.2) is 0 Å². The highest BCUT2D eigenvalue weighted by molar-refractivity contribution is 7.43. The highest BCUT2D eigenvalue weighted by Crippen LogP contribution is 2.18. The van der Waals surface area contributed by atoms with Gasteiger partial charge in [0.25, 0.3) is 7.82 Å². The Morgan fingerprint density at radius 2 is 1.86 bits per heavy atom. The first-order valence-corrected chi connectivity index (χ1v) is 4.95. The molecule has 0 saturated carbocycles. The van der Waals surface area contributed by atoms with Crippen molar-refractivity contribution in [3.63, 3.8) is 0 Å². The van der Waals surface area contributed by atoms with Gasteiger partial charge in [-0.05, 0) is 6.07 Å². The third-order valence-corrected chi connectivity index (χ3v) is 1.14. The van der Waals surface area contributed by atoms with Crippen molar-refractivity contribution in [3.8, 4) is 6.07 Å². The Bertz CT molecular complexity index is 373. The second kappa shape index (κ2) is 5.50. The molecule has 0 saturated heterocycles. The van der Waals surface area contributed by atoms with Gasteiger partial charge in [-0.1, -0.05) is 12.1 Å². The van der Waals surface area contributed by atoms with E-state index in [2.05, 4.69) is 5.73 Å². The van der Waals surface area contributed by atoms with Gasteiger partial charge in [0.05, 0.1) is 0 Å². The highest BCUT2D eigenvalue weighted by Gasteiger charge is 1.95. The lowest BCUT2D eigenvalue weighted by molar-refractivity contribution is -0.255. The van der Waals surface area contributed by atoms with Crippen molar-refractivity contribution in [3.05, 3.63) is 29.8 Å². The number of quaternary nitrogens is 1. The van der Waals surface area contributed by atoms with Crippen molar-refractivity contribution in [2.45, 2.75) is 0 Å². The van der Waals surface area contributed by atoms with Crippen LogP contribution < -0.4 is 10.6 Å². The predicted molar refractivity (Wildman–Crippen MR) is 45.7 cm³/mol. The van der Waals surface area contributed by atoms with Crippen LogP contribution in [0.15, 0.2) is 24.3 Å². The van der Waals surface area contributed by atoms with Crippen molar-refractivity contribution in [1.29, 1.82) is 5.26 Å². The molecule has 7 heteroatoms. The first kappa shape index (κ1) is 12.8. The lowest BCUT2D eigenvalue weighted by Gasteiger charge is -2.01. The van der Waals surface area contributed by atoms with Gasteiger partial charge in [0.2, 0.25) is 0 Å². The van der Waals surface area contributed by atoms with E-state index in [0.29, 0.717) is 5.56 Å². The Morgan fingerprint density at radius 1 is 1.43 bits per heavy atom. The molecule has 0 heterocycles. The molecule has 5 N–H and O–H groups in total. The summed E-state index contributed by atoms with van der Waals surface area (Å²) in [4.78, 5) is 22.9. The molecule has 0 aliphatic carbocycles. The number of phosphoric acid groups is 1. The zero-order chi connectivity index (χ0) is 11.2. The standard InChI is InChI=1S/C7H6N2.H3O4P/c8-5-6-3-1-2-4-7(6)9;1-5(2,3)4/h1-4H,9H2;(H3,1,2,3,4). The van der Waals surface area contributed by atoms with E-state index < -0.39 is 7.82 Å². The maximum Gasteiger partial charge on any atom is 0.262 e. The number of rotatable bonds is 0. The minimum absolute atomic E-state index is 0.650. The molecule has 0 aliphatic rings. The average Bonchev–Trinajstić information content (AvgIpc) is 2.02. The molecule has 0 radical (unpaired) electrons. The lowest BCUT2D eigenvalue weighted by Crippen LogP contribution is -2.41. The quantitative estimate of drug-likeness (QED) is 0.472. The van der Waals surface area contributed by atoms with Gasteiger partial charge in [-0.25, -0.2) is 0 Å². The second-order valence-electron chi connectivity index (χ2n) is 2.26. The summed E-state index contributed by atoms with van der Waals surface area (Å²) >= 11 is 0. The van der Waals surface area contributed by atoms with Crippen LogP contribution in [0.25, 0.3) is 0 Å². The van der Waals surface area contributed by atoms with Crippen molar-refractivity contribution in [1.82, 2.24) is 0 Å². The van der Waals surface area contributed by atoms with E-state index in [1.54, 1.807) is 6.07 Å². The number of hydrogen-bond donors (Lipinski definition) is 3. The summed E-state index contributed by atoms with van der Waals surface area (Å²) < 4.78 is 8.77. The normalized spacial score (nSPS) is 9.64. The van der Waals surface area contributed by atoms with Crippen LogP contribution in [-0.4, -0.2) is 9.79 Å². The van der Waals surface area contributed by atoms with Crippen LogP contribution >= 0.6 is 7.82 Å². The van der Waals surface area contributed by atoms with Gasteiger partial charge in [0.1, 0.15) is 17.3 Å². The minimum Gasteiger partial charge on any atom is -0.756 e. The van der Waals surface area contributed by atoms with Crippen LogP contribution in [-0.2, 0) is 4.57 Å². The Balaban J connectivity index is 0.000000292. The average molecular weight is 216 g/mol. The Labute approximate surface area is 80.5 Å². The van der Waals surface area contributed by atoms with Crippen LogP contribution in [0.4, 0.5) is 5.69 Å². The Kier molecular flexibility index (Phi) is 5.02. The summed E-state index contributed by atoms with van der Waals surface area (Å²) in [7, 11) is -4.89. The molecular formula is C7H9N2O4P. The van der Waals surface area contributed by atoms with E-state index in [-0.39, 0.29) is 0 Å². The number of benzene rings is 1. The van der Waals surface area contributed by atoms with E-state index in [0.717, 1.165) is 5.69 Å². The lowest BCUT2D eigenvalue weighted by atomic mass is 10.2. The molecule has 0 bridgehead atoms. The molecule has 0 aliphatic heterocycles. The van der Waals surface area contributed by atoms with Gasteiger partial charge in [-0.3, -0.25) is 4.57 Å². The zero-order valence-corrected chi connectivity index (χ0v) is 8.02. The fourth-order valence-electron chi connectivity index (χ4n) is 0.629. The number of hydrogen-bond acceptors (Lipinski definition) is 3. The molecule has 1 aromatic rings. The van der Waals surface area contributed by atoms with Crippen LogP contribution in [0.3, 0.4) is 0 Å². The van der Waals surface area contributed by atoms with Crippen LogP contribution in [0.5, 0.6) is 0 Å². The minimum atomic E-state index is -4.89. The Morgan fingerprint density at radius 3 is 2.14 bits per heavy atom. The fourth-order valence-corrected chi connectivity index (χ4v) is 0.629. The van der Waals surface area contributed by atoms with Gasteiger partial charge in [0, 0.05) is 6.07 Å². The van der Waals surface area contributed by atoms with Crippen molar-refractivity contribution >= 4 is 13.5 Å². The molecule has 1 rings (SSSR count). The summed E-state index contributed by atoms with van der Waals surface area (Å²) in [5, 5.41) is 8.43. The van der Waals surface area contributed by atoms with Crippen molar-refractivity contribution in [2.75, 3.05) is 0 Å². The maximum atomic E-state index is 8.77. The monoisotopic (exact) mass is 216 g/mol. The van der Waals surface area contributed by atoms with E-state index in [4.69, 9.17) is 24.5 Å². The molecule has 6 nitrogen and oxygen atoms in total. The second-order valence-corrected chi connectivity index (χ2v) is 3.24. The summed E-state index contributed by atoms with van der Waals surface area (Å²) in [5.41, 5.74) is 5.11. The van der Waals surface area contributed by atoms with Crippen molar-refractivity contribution in [2.24, 2.45) is 0 Å². The summed E-state index contributed by atoms with van der Waals surface area (Å²) in [6.07, 6.45) is 0. The SMILES string of the molecule is N#Cc1ccccc1[NH3+].O=P([O-])(O)O. The summed E-state index contributed by atoms with van der Waals surface area (Å²) in [6, 6.07) is 9.29. The fraction of sp³-hybridized carbons (Fsp3) is 0. The summed E-state index contributed by atoms with van der Waals surface area (Å²) in [6.45, 7) is 0. The summed E-state index contributed by atoms with van der Waals surface area (Å²) in [5.74, 6) is 0. The first-order valence-electron chi connectivity index (χ1n) is 3.42. The molecule has 0 fully saturated rings. The van der Waals surface area contributed by atoms with Crippen LogP contribution in [0.2, 0.25) is 0 Å². The Hall–Kier alpha value is -1.22. The first-order chi connectivity index (χ1) is 6.34. The number of nitriles is 1. The predicted octanol–water partition coefficient (Wildman–Crippen LogP) is -1.13. The number of nitrogens with zero attached hydrogens (tertiary/aromatic N) is 1. The van der Waals surface area contributed by atoms with E-state index in [1.165, 1.54) is 0 Å². The molecule has 76 valence electrons. The molecule has 0 unspecified atom stereocenters. The topological polar surface area (TPSA) is 132 Å². The van der Waals surface area contributed by atoms with Gasteiger partial charge < -0.3 is 20.4 Å². The van der Waals surface area contributed by atoms with E-state index in [9.17, 15) is 0 Å². The molecular weight excluding hydrogens is 207 g/mol. The largest absolute Gasteiger partial charge is 0.756 e. The third-order valence-electron chi connectivity index (χ3n) is 1.14. The molecule has 14 heavy (non-hydrogen) atoms.